The molecule has 0 saturated carbocycles. The Morgan fingerprint density at radius 3 is 2.26 bits per heavy atom. The molecule has 23 heavy (non-hydrogen) atoms. The van der Waals surface area contributed by atoms with E-state index in [-0.39, 0.29) is 12.3 Å². The van der Waals surface area contributed by atoms with Crippen LogP contribution in [0.2, 0.25) is 0 Å². The summed E-state index contributed by atoms with van der Waals surface area (Å²) < 4.78 is 5.31. The predicted molar refractivity (Wildman–Crippen MR) is 85.0 cm³/mol. The van der Waals surface area contributed by atoms with Crippen molar-refractivity contribution in [2.75, 3.05) is 13.2 Å². The molecule has 0 unspecified atom stereocenters. The molecular formula is C18H16N2O3. The lowest BCUT2D eigenvalue weighted by Gasteiger charge is -2.13. The van der Waals surface area contributed by atoms with Crippen LogP contribution in [0, 0.1) is 11.5 Å². The smallest absolute Gasteiger partial charge is 0.267 e. The highest BCUT2D eigenvalue weighted by molar-refractivity contribution is 6.02. The van der Waals surface area contributed by atoms with Gasteiger partial charge in [-0.3, -0.25) is 9.59 Å². The maximum absolute atomic E-state index is 12.2. The number of carbonyl (C=O) groups is 2. The molecule has 0 atom stereocenters. The zero-order chi connectivity index (χ0) is 16.7. The number of hydrogen-bond donors (Lipinski definition) is 0. The Morgan fingerprint density at radius 1 is 1.04 bits per heavy atom. The molecule has 0 spiro atoms. The van der Waals surface area contributed by atoms with Gasteiger partial charge in [-0.15, -0.1) is 0 Å². The van der Waals surface area contributed by atoms with E-state index in [1.165, 1.54) is 0 Å². The number of amides is 1. The van der Waals surface area contributed by atoms with Crippen LogP contribution in [0.5, 0.6) is 5.75 Å². The first-order valence-electron chi connectivity index (χ1n) is 7.18. The molecule has 0 saturated heterocycles. The van der Waals surface area contributed by atoms with Crippen molar-refractivity contribution >= 4 is 11.7 Å². The van der Waals surface area contributed by atoms with Crippen molar-refractivity contribution in [3.05, 3.63) is 65.7 Å². The third-order valence-corrected chi connectivity index (χ3v) is 3.18. The normalized spacial score (nSPS) is 9.74. The molecule has 0 aliphatic heterocycles. The second kappa shape index (κ2) is 7.76. The topological polar surface area (TPSA) is 70.4 Å². The van der Waals surface area contributed by atoms with E-state index >= 15 is 0 Å². The Bertz CT molecular complexity index is 718. The third kappa shape index (κ3) is 4.17. The van der Waals surface area contributed by atoms with E-state index in [0.29, 0.717) is 23.5 Å². The van der Waals surface area contributed by atoms with E-state index in [0.717, 1.165) is 4.90 Å². The van der Waals surface area contributed by atoms with Crippen molar-refractivity contribution < 1.29 is 14.3 Å². The lowest BCUT2D eigenvalue weighted by atomic mass is 10.1. The summed E-state index contributed by atoms with van der Waals surface area (Å²) in [5.41, 5.74) is 0.795. The van der Waals surface area contributed by atoms with Crippen LogP contribution in [0.4, 0.5) is 0 Å². The first-order chi connectivity index (χ1) is 11.2. The molecule has 2 aromatic rings. The fraction of sp³-hybridized carbons (Fsp3) is 0.167. The molecular weight excluding hydrogens is 292 g/mol. The fourth-order valence-electron chi connectivity index (χ4n) is 2.03. The summed E-state index contributed by atoms with van der Waals surface area (Å²) in [7, 11) is 0. The highest BCUT2D eigenvalue weighted by Crippen LogP contribution is 2.13. The average Bonchev–Trinajstić information content (AvgIpc) is 2.60. The fourth-order valence-corrected chi connectivity index (χ4v) is 2.03. The summed E-state index contributed by atoms with van der Waals surface area (Å²) in [5, 5.41) is 9.15. The van der Waals surface area contributed by atoms with Gasteiger partial charge in [-0.25, -0.2) is 4.90 Å². The van der Waals surface area contributed by atoms with Crippen LogP contribution in [0.3, 0.4) is 0 Å². The number of nitrogens with zero attached hydrogens (tertiary/aromatic N) is 2. The van der Waals surface area contributed by atoms with Crippen molar-refractivity contribution in [2.45, 2.75) is 6.92 Å². The number of carbonyl (C=O) groups excluding carboxylic acids is 2. The molecule has 1 amide bonds. The molecule has 0 fully saturated rings. The van der Waals surface area contributed by atoms with Gasteiger partial charge >= 0.3 is 0 Å². The summed E-state index contributed by atoms with van der Waals surface area (Å²) in [6.07, 6.45) is 1.77. The molecule has 0 N–H and O–H groups in total. The van der Waals surface area contributed by atoms with E-state index in [1.807, 2.05) is 6.92 Å². The Hall–Kier alpha value is -3.13. The lowest BCUT2D eigenvalue weighted by molar-refractivity contribution is 0.0783. The molecule has 0 bridgehead atoms. The van der Waals surface area contributed by atoms with Crippen molar-refractivity contribution in [3.8, 4) is 11.9 Å². The number of Topliss-reactive ketones (excluding diaryl/α,β-unsaturated/α-hetero) is 1. The zero-order valence-corrected chi connectivity index (χ0v) is 12.7. The van der Waals surface area contributed by atoms with Gasteiger partial charge in [-0.2, -0.15) is 5.26 Å². The standard InChI is InChI=1S/C18H16N2O3/c1-2-23-16-10-8-14(9-11-16)17(21)12-20(13-19)18(22)15-6-4-3-5-7-15/h3-11H,2,12H2,1H3. The van der Waals surface area contributed by atoms with E-state index in [4.69, 9.17) is 10.00 Å². The van der Waals surface area contributed by atoms with Gasteiger partial charge < -0.3 is 4.74 Å². The Morgan fingerprint density at radius 2 is 1.70 bits per heavy atom. The van der Waals surface area contributed by atoms with Crippen molar-refractivity contribution in [2.24, 2.45) is 0 Å². The molecule has 0 aliphatic rings. The maximum atomic E-state index is 12.2. The molecule has 2 rings (SSSR count). The minimum Gasteiger partial charge on any atom is -0.494 e. The van der Waals surface area contributed by atoms with Gasteiger partial charge in [0.1, 0.15) is 5.75 Å². The minimum atomic E-state index is -0.493. The second-order valence-electron chi connectivity index (χ2n) is 4.74. The number of ketones is 1. The van der Waals surface area contributed by atoms with Crippen LogP contribution >= 0.6 is 0 Å². The lowest BCUT2D eigenvalue weighted by Crippen LogP contribution is -2.31. The summed E-state index contributed by atoms with van der Waals surface area (Å²) in [5.74, 6) is -0.132. The first kappa shape index (κ1) is 16.2. The van der Waals surface area contributed by atoms with Crippen LogP contribution in [0.25, 0.3) is 0 Å². The Labute approximate surface area is 134 Å². The quantitative estimate of drug-likeness (QED) is 0.467. The van der Waals surface area contributed by atoms with Gasteiger partial charge in [0.15, 0.2) is 12.0 Å². The molecule has 2 aromatic carbocycles. The van der Waals surface area contributed by atoms with Crippen LogP contribution in [0.15, 0.2) is 54.6 Å². The molecule has 5 nitrogen and oxygen atoms in total. The van der Waals surface area contributed by atoms with Crippen LogP contribution in [-0.2, 0) is 0 Å². The van der Waals surface area contributed by atoms with Gasteiger partial charge in [-0.1, -0.05) is 18.2 Å². The number of nitriles is 1. The minimum absolute atomic E-state index is 0.293. The summed E-state index contributed by atoms with van der Waals surface area (Å²) in [6.45, 7) is 2.12. The van der Waals surface area contributed by atoms with Gasteiger partial charge in [0.2, 0.25) is 0 Å². The number of hydrogen-bond acceptors (Lipinski definition) is 4. The molecule has 0 heterocycles. The van der Waals surface area contributed by atoms with Gasteiger partial charge in [0.25, 0.3) is 5.91 Å². The van der Waals surface area contributed by atoms with E-state index in [2.05, 4.69) is 0 Å². The summed E-state index contributed by atoms with van der Waals surface area (Å²) in [4.78, 5) is 25.3. The van der Waals surface area contributed by atoms with Gasteiger partial charge in [-0.05, 0) is 43.3 Å². The van der Waals surface area contributed by atoms with Crippen molar-refractivity contribution in [1.82, 2.24) is 4.90 Å². The predicted octanol–water partition coefficient (Wildman–Crippen LogP) is 2.89. The molecule has 5 heteroatoms. The highest BCUT2D eigenvalue weighted by atomic mass is 16.5. The molecule has 0 radical (unpaired) electrons. The number of ether oxygens (including phenoxy) is 1. The van der Waals surface area contributed by atoms with Crippen LogP contribution < -0.4 is 4.74 Å². The van der Waals surface area contributed by atoms with Crippen LogP contribution in [-0.4, -0.2) is 29.7 Å². The third-order valence-electron chi connectivity index (χ3n) is 3.18. The monoisotopic (exact) mass is 308 g/mol. The first-order valence-corrected chi connectivity index (χ1v) is 7.18. The Kier molecular flexibility index (Phi) is 5.48. The SMILES string of the molecule is CCOc1ccc(C(=O)CN(C#N)C(=O)c2ccccc2)cc1. The Balaban J connectivity index is 2.08. The molecule has 0 aliphatic carbocycles. The van der Waals surface area contributed by atoms with E-state index in [9.17, 15) is 9.59 Å². The maximum Gasteiger partial charge on any atom is 0.267 e. The summed E-state index contributed by atoms with van der Waals surface area (Å²) >= 11 is 0. The highest BCUT2D eigenvalue weighted by Gasteiger charge is 2.19. The van der Waals surface area contributed by atoms with Gasteiger partial charge in [0.05, 0.1) is 13.2 Å². The second-order valence-corrected chi connectivity index (χ2v) is 4.74. The van der Waals surface area contributed by atoms with E-state index < -0.39 is 5.91 Å². The number of rotatable bonds is 6. The molecule has 0 aromatic heterocycles. The zero-order valence-electron chi connectivity index (χ0n) is 12.7. The molecule has 116 valence electrons. The average molecular weight is 308 g/mol. The van der Waals surface area contributed by atoms with Crippen molar-refractivity contribution in [1.29, 1.82) is 5.26 Å². The number of benzene rings is 2. The van der Waals surface area contributed by atoms with Gasteiger partial charge in [0, 0.05) is 11.1 Å². The van der Waals surface area contributed by atoms with Crippen molar-refractivity contribution in [3.63, 3.8) is 0 Å². The van der Waals surface area contributed by atoms with E-state index in [1.54, 1.807) is 60.8 Å². The largest absolute Gasteiger partial charge is 0.494 e. The summed E-state index contributed by atoms with van der Waals surface area (Å²) in [6, 6.07) is 15.0. The van der Waals surface area contributed by atoms with Crippen LogP contribution in [0.1, 0.15) is 27.6 Å².